The zero-order chi connectivity index (χ0) is 21.3. The summed E-state index contributed by atoms with van der Waals surface area (Å²) in [7, 11) is 3.02. The standard InChI is InChI=1S/C23H27N3O3S/c1-4-29-19-13-11-18(12-14-19)25-23(16-9-10-16)30-15-17-7-5-6-8-20(17)21(26-28-3)22(27)24-2/h5-8,11-14,16H,4,9-10,15H2,1-3H3,(H,24,27). The van der Waals surface area contributed by atoms with E-state index in [0.717, 1.165) is 27.6 Å². The molecule has 30 heavy (non-hydrogen) atoms. The highest BCUT2D eigenvalue weighted by Crippen LogP contribution is 2.38. The molecule has 0 heterocycles. The number of thioether (sulfide) groups is 1. The molecule has 0 unspecified atom stereocenters. The molecule has 1 fully saturated rings. The van der Waals surface area contributed by atoms with Crippen molar-refractivity contribution in [1.29, 1.82) is 0 Å². The molecule has 7 heteroatoms. The summed E-state index contributed by atoms with van der Waals surface area (Å²) >= 11 is 1.71. The number of oxime groups is 1. The number of benzene rings is 2. The number of likely N-dealkylation sites (N-methyl/N-ethyl adjacent to an activating group) is 1. The normalized spacial score (nSPS) is 14.4. The lowest BCUT2D eigenvalue weighted by Gasteiger charge is -2.11. The minimum atomic E-state index is -0.278. The molecule has 0 bridgehead atoms. The number of rotatable bonds is 9. The van der Waals surface area contributed by atoms with Gasteiger partial charge in [0.1, 0.15) is 12.9 Å². The Morgan fingerprint density at radius 2 is 1.90 bits per heavy atom. The van der Waals surface area contributed by atoms with Gasteiger partial charge in [0.15, 0.2) is 5.71 Å². The van der Waals surface area contributed by atoms with Gasteiger partial charge in [-0.05, 0) is 49.6 Å². The first kappa shape index (κ1) is 21.9. The van der Waals surface area contributed by atoms with Crippen LogP contribution in [-0.2, 0) is 15.4 Å². The van der Waals surface area contributed by atoms with Gasteiger partial charge >= 0.3 is 0 Å². The van der Waals surface area contributed by atoms with Crippen LogP contribution in [0.2, 0.25) is 0 Å². The summed E-state index contributed by atoms with van der Waals surface area (Å²) in [6.45, 7) is 2.62. The van der Waals surface area contributed by atoms with Crippen LogP contribution in [0.5, 0.6) is 5.75 Å². The molecule has 6 nitrogen and oxygen atoms in total. The molecule has 0 aliphatic heterocycles. The van der Waals surface area contributed by atoms with Gasteiger partial charge in [-0.2, -0.15) is 0 Å². The third kappa shape index (κ3) is 5.86. The van der Waals surface area contributed by atoms with Crippen LogP contribution in [0.3, 0.4) is 0 Å². The predicted molar refractivity (Wildman–Crippen MR) is 123 cm³/mol. The maximum Gasteiger partial charge on any atom is 0.273 e. The van der Waals surface area contributed by atoms with Crippen LogP contribution in [0.15, 0.2) is 58.7 Å². The van der Waals surface area contributed by atoms with Gasteiger partial charge in [-0.15, -0.1) is 11.8 Å². The molecule has 2 aromatic carbocycles. The molecule has 3 rings (SSSR count). The third-order valence-electron chi connectivity index (χ3n) is 4.59. The van der Waals surface area contributed by atoms with Gasteiger partial charge in [-0.3, -0.25) is 4.79 Å². The van der Waals surface area contributed by atoms with Crippen LogP contribution < -0.4 is 10.1 Å². The second kappa shape index (κ2) is 10.8. The second-order valence-corrected chi connectivity index (χ2v) is 7.79. The van der Waals surface area contributed by atoms with E-state index in [0.29, 0.717) is 18.3 Å². The Morgan fingerprint density at radius 1 is 1.17 bits per heavy atom. The summed E-state index contributed by atoms with van der Waals surface area (Å²) in [5.41, 5.74) is 2.98. The monoisotopic (exact) mass is 425 g/mol. The number of hydrogen-bond donors (Lipinski definition) is 1. The molecule has 1 saturated carbocycles. The van der Waals surface area contributed by atoms with Gasteiger partial charge in [0.2, 0.25) is 0 Å². The first-order valence-corrected chi connectivity index (χ1v) is 11.0. The summed E-state index contributed by atoms with van der Waals surface area (Å²) < 4.78 is 5.51. The molecule has 0 aromatic heterocycles. The van der Waals surface area contributed by atoms with E-state index >= 15 is 0 Å². The topological polar surface area (TPSA) is 72.3 Å². The van der Waals surface area contributed by atoms with Crippen LogP contribution in [-0.4, -0.2) is 37.4 Å². The molecule has 0 saturated heterocycles. The summed E-state index contributed by atoms with van der Waals surface area (Å²) in [4.78, 5) is 22.1. The van der Waals surface area contributed by atoms with Gasteiger partial charge in [0.25, 0.3) is 5.91 Å². The highest BCUT2D eigenvalue weighted by molar-refractivity contribution is 8.13. The van der Waals surface area contributed by atoms with Crippen LogP contribution in [0.1, 0.15) is 30.9 Å². The first-order chi connectivity index (χ1) is 14.7. The number of aliphatic imine (C=N–C) groups is 1. The fourth-order valence-electron chi connectivity index (χ4n) is 2.93. The second-order valence-electron chi connectivity index (χ2n) is 6.80. The average molecular weight is 426 g/mol. The van der Waals surface area contributed by atoms with Crippen molar-refractivity contribution in [2.75, 3.05) is 20.8 Å². The molecular formula is C23H27N3O3S. The molecule has 1 aliphatic rings. The van der Waals surface area contributed by atoms with Crippen LogP contribution in [0, 0.1) is 5.92 Å². The molecule has 0 atom stereocenters. The van der Waals surface area contributed by atoms with E-state index < -0.39 is 0 Å². The maximum atomic E-state index is 12.3. The summed E-state index contributed by atoms with van der Waals surface area (Å²) in [5, 5.41) is 7.69. The fourth-order valence-corrected chi connectivity index (χ4v) is 4.13. The van der Waals surface area contributed by atoms with Gasteiger partial charge in [0.05, 0.1) is 17.3 Å². The molecule has 0 radical (unpaired) electrons. The van der Waals surface area contributed by atoms with Crippen molar-refractivity contribution in [3.05, 3.63) is 59.7 Å². The van der Waals surface area contributed by atoms with Crippen molar-refractivity contribution < 1.29 is 14.4 Å². The van der Waals surface area contributed by atoms with Gasteiger partial charge in [0, 0.05) is 24.3 Å². The summed E-state index contributed by atoms with van der Waals surface area (Å²) in [6, 6.07) is 15.6. The van der Waals surface area contributed by atoms with Gasteiger partial charge in [-0.1, -0.05) is 29.4 Å². The van der Waals surface area contributed by atoms with Crippen molar-refractivity contribution >= 4 is 34.1 Å². The lowest BCUT2D eigenvalue weighted by Crippen LogP contribution is -2.29. The number of nitrogens with zero attached hydrogens (tertiary/aromatic N) is 2. The Balaban J connectivity index is 1.79. The maximum absolute atomic E-state index is 12.3. The summed E-state index contributed by atoms with van der Waals surface area (Å²) in [5.74, 6) is 1.78. The highest BCUT2D eigenvalue weighted by atomic mass is 32.2. The Morgan fingerprint density at radius 3 is 2.53 bits per heavy atom. The van der Waals surface area contributed by atoms with Crippen molar-refractivity contribution in [3.8, 4) is 5.75 Å². The van der Waals surface area contributed by atoms with E-state index in [1.807, 2.05) is 55.5 Å². The van der Waals surface area contributed by atoms with E-state index in [9.17, 15) is 4.79 Å². The Bertz CT molecular complexity index is 922. The van der Waals surface area contributed by atoms with E-state index in [4.69, 9.17) is 14.6 Å². The zero-order valence-corrected chi connectivity index (χ0v) is 18.4. The van der Waals surface area contributed by atoms with Gasteiger partial charge in [-0.25, -0.2) is 4.99 Å². The van der Waals surface area contributed by atoms with E-state index in [2.05, 4.69) is 10.5 Å². The average Bonchev–Trinajstić information content (AvgIpc) is 3.61. The molecule has 0 spiro atoms. The quantitative estimate of drug-likeness (QED) is 0.363. The van der Waals surface area contributed by atoms with Gasteiger partial charge < -0.3 is 14.9 Å². The van der Waals surface area contributed by atoms with Crippen LogP contribution in [0.4, 0.5) is 5.69 Å². The zero-order valence-electron chi connectivity index (χ0n) is 17.6. The molecular weight excluding hydrogens is 398 g/mol. The van der Waals surface area contributed by atoms with E-state index in [1.54, 1.807) is 18.8 Å². The number of carbonyl (C=O) groups is 1. The number of amides is 1. The molecule has 2 aromatic rings. The largest absolute Gasteiger partial charge is 0.494 e. The highest BCUT2D eigenvalue weighted by Gasteiger charge is 2.28. The van der Waals surface area contributed by atoms with Crippen molar-refractivity contribution in [2.45, 2.75) is 25.5 Å². The lowest BCUT2D eigenvalue weighted by molar-refractivity contribution is -0.114. The van der Waals surface area contributed by atoms with Crippen molar-refractivity contribution in [3.63, 3.8) is 0 Å². The van der Waals surface area contributed by atoms with Crippen molar-refractivity contribution in [2.24, 2.45) is 16.1 Å². The fraction of sp³-hybridized carbons (Fsp3) is 0.348. The lowest BCUT2D eigenvalue weighted by atomic mass is 10.0. The Hall–Kier alpha value is -2.80. The number of hydrogen-bond acceptors (Lipinski definition) is 6. The third-order valence-corrected chi connectivity index (χ3v) is 5.76. The van der Waals surface area contributed by atoms with E-state index in [-0.39, 0.29) is 11.6 Å². The van der Waals surface area contributed by atoms with Crippen LogP contribution >= 0.6 is 11.8 Å². The predicted octanol–water partition coefficient (Wildman–Crippen LogP) is 4.56. The number of nitrogens with one attached hydrogen (secondary N) is 1. The number of carbonyl (C=O) groups excluding carboxylic acids is 1. The summed E-state index contributed by atoms with van der Waals surface area (Å²) in [6.07, 6.45) is 2.33. The minimum Gasteiger partial charge on any atom is -0.494 e. The minimum absolute atomic E-state index is 0.271. The van der Waals surface area contributed by atoms with E-state index in [1.165, 1.54) is 20.0 Å². The molecule has 1 N–H and O–H groups in total. The Kier molecular flexibility index (Phi) is 7.90. The molecule has 1 aliphatic carbocycles. The SMILES string of the molecule is CCOc1ccc(N=C(SCc2ccccc2C(=NOC)C(=O)NC)C2CC2)cc1. The molecule has 1 amide bonds. The number of ether oxygens (including phenoxy) is 1. The first-order valence-electron chi connectivity index (χ1n) is 10.0. The van der Waals surface area contributed by atoms with Crippen LogP contribution in [0.25, 0.3) is 0 Å². The van der Waals surface area contributed by atoms with Crippen molar-refractivity contribution in [1.82, 2.24) is 5.32 Å². The Labute approximate surface area is 181 Å². The molecule has 158 valence electrons. The smallest absolute Gasteiger partial charge is 0.273 e.